The van der Waals surface area contributed by atoms with Crippen molar-refractivity contribution < 1.29 is 4.74 Å². The Balaban J connectivity index is 2.35. The molecule has 0 saturated carbocycles. The second kappa shape index (κ2) is 4.73. The number of hydrogen-bond donors (Lipinski definition) is 1. The molecule has 1 aromatic carbocycles. The summed E-state index contributed by atoms with van der Waals surface area (Å²) in [7, 11) is 0. The van der Waals surface area contributed by atoms with Crippen molar-refractivity contribution in [3.63, 3.8) is 0 Å². The summed E-state index contributed by atoms with van der Waals surface area (Å²) < 4.78 is 5.47. The number of nitriles is 1. The highest BCUT2D eigenvalue weighted by molar-refractivity contribution is 6.32. The predicted octanol–water partition coefficient (Wildman–Crippen LogP) is 2.98. The van der Waals surface area contributed by atoms with Gasteiger partial charge in [-0.15, -0.1) is 0 Å². The molecule has 0 saturated heterocycles. The predicted molar refractivity (Wildman–Crippen MR) is 64.9 cm³/mol. The van der Waals surface area contributed by atoms with Gasteiger partial charge in [0.15, 0.2) is 0 Å². The van der Waals surface area contributed by atoms with Crippen LogP contribution in [0.3, 0.4) is 0 Å². The largest absolute Gasteiger partial charge is 0.436 e. The van der Waals surface area contributed by atoms with Crippen LogP contribution in [-0.4, -0.2) is 4.98 Å². The van der Waals surface area contributed by atoms with E-state index in [1.54, 1.807) is 36.5 Å². The van der Waals surface area contributed by atoms with Crippen LogP contribution in [0.5, 0.6) is 11.6 Å². The van der Waals surface area contributed by atoms with Crippen LogP contribution in [0.1, 0.15) is 5.56 Å². The van der Waals surface area contributed by atoms with Gasteiger partial charge in [-0.05, 0) is 30.3 Å². The highest BCUT2D eigenvalue weighted by Crippen LogP contribution is 2.31. The van der Waals surface area contributed by atoms with E-state index in [1.807, 2.05) is 6.07 Å². The number of halogens is 1. The summed E-state index contributed by atoms with van der Waals surface area (Å²) in [6.07, 6.45) is 1.54. The molecule has 0 unspecified atom stereocenters. The van der Waals surface area contributed by atoms with Crippen molar-refractivity contribution in [3.05, 3.63) is 47.1 Å². The van der Waals surface area contributed by atoms with E-state index in [4.69, 9.17) is 27.3 Å². The molecule has 0 aliphatic carbocycles. The Morgan fingerprint density at radius 3 is 2.88 bits per heavy atom. The van der Waals surface area contributed by atoms with Crippen molar-refractivity contribution >= 4 is 17.3 Å². The fraction of sp³-hybridized carbons (Fsp3) is 0. The highest BCUT2D eigenvalue weighted by Gasteiger charge is 2.08. The molecule has 0 bridgehead atoms. The minimum absolute atomic E-state index is 0.224. The molecule has 2 rings (SSSR count). The number of nitrogens with two attached hydrogens (primary N) is 1. The summed E-state index contributed by atoms with van der Waals surface area (Å²) in [6.45, 7) is 0. The lowest BCUT2D eigenvalue weighted by molar-refractivity contribution is 0.461. The average Bonchev–Trinajstić information content (AvgIpc) is 2.33. The molecule has 0 aliphatic rings. The lowest BCUT2D eigenvalue weighted by Crippen LogP contribution is -1.92. The van der Waals surface area contributed by atoms with E-state index in [1.165, 1.54) is 0 Å². The Morgan fingerprint density at radius 1 is 1.35 bits per heavy atom. The quantitative estimate of drug-likeness (QED) is 0.826. The van der Waals surface area contributed by atoms with Crippen LogP contribution in [0.25, 0.3) is 0 Å². The van der Waals surface area contributed by atoms with Crippen LogP contribution in [0.15, 0.2) is 36.5 Å². The van der Waals surface area contributed by atoms with E-state index >= 15 is 0 Å². The van der Waals surface area contributed by atoms with Crippen LogP contribution >= 0.6 is 11.6 Å². The van der Waals surface area contributed by atoms with Gasteiger partial charge >= 0.3 is 0 Å². The molecular weight excluding hydrogens is 238 g/mol. The van der Waals surface area contributed by atoms with Crippen molar-refractivity contribution in [2.24, 2.45) is 0 Å². The molecule has 2 aromatic rings. The second-order valence-corrected chi connectivity index (χ2v) is 3.67. The number of benzene rings is 1. The summed E-state index contributed by atoms with van der Waals surface area (Å²) >= 11 is 5.96. The number of pyridine rings is 1. The normalized spacial score (nSPS) is 9.65. The Hall–Kier alpha value is -2.25. The third-order valence-corrected chi connectivity index (χ3v) is 2.35. The summed E-state index contributed by atoms with van der Waals surface area (Å²) in [5, 5.41) is 9.26. The van der Waals surface area contributed by atoms with Crippen LogP contribution < -0.4 is 10.5 Å². The Morgan fingerprint density at radius 2 is 2.18 bits per heavy atom. The van der Waals surface area contributed by atoms with E-state index in [-0.39, 0.29) is 5.88 Å². The molecule has 4 nitrogen and oxygen atoms in total. The first-order chi connectivity index (χ1) is 8.20. The summed E-state index contributed by atoms with van der Waals surface area (Å²) in [6, 6.07) is 10.1. The van der Waals surface area contributed by atoms with Gasteiger partial charge in [0.05, 0.1) is 5.02 Å². The van der Waals surface area contributed by atoms with Crippen molar-refractivity contribution in [1.82, 2.24) is 4.98 Å². The van der Waals surface area contributed by atoms with E-state index in [9.17, 15) is 0 Å². The first kappa shape index (κ1) is 11.2. The maximum atomic E-state index is 8.89. The number of anilines is 1. The van der Waals surface area contributed by atoms with Gasteiger partial charge in [-0.3, -0.25) is 0 Å². The molecule has 1 aromatic heterocycles. The van der Waals surface area contributed by atoms with Gasteiger partial charge in [-0.2, -0.15) is 5.26 Å². The molecule has 0 fully saturated rings. The SMILES string of the molecule is N#Cc1cccnc1Oc1ccc(N)cc1Cl. The zero-order valence-corrected chi connectivity index (χ0v) is 9.48. The van der Waals surface area contributed by atoms with E-state index < -0.39 is 0 Å². The molecule has 2 N–H and O–H groups in total. The zero-order chi connectivity index (χ0) is 12.3. The smallest absolute Gasteiger partial charge is 0.237 e. The molecule has 0 aliphatic heterocycles. The van der Waals surface area contributed by atoms with Crippen molar-refractivity contribution in [2.75, 3.05) is 5.73 Å². The zero-order valence-electron chi connectivity index (χ0n) is 8.72. The van der Waals surface area contributed by atoms with Crippen molar-refractivity contribution in [3.8, 4) is 17.7 Å². The standard InChI is InChI=1S/C12H8ClN3O/c13-10-6-9(15)3-4-11(10)17-12-8(7-14)2-1-5-16-12/h1-6H,15H2. The minimum Gasteiger partial charge on any atom is -0.436 e. The average molecular weight is 246 g/mol. The number of ether oxygens (including phenoxy) is 1. The van der Waals surface area contributed by atoms with Crippen molar-refractivity contribution in [1.29, 1.82) is 5.26 Å². The van der Waals surface area contributed by atoms with Gasteiger partial charge in [-0.1, -0.05) is 11.6 Å². The van der Waals surface area contributed by atoms with Crippen LogP contribution in [-0.2, 0) is 0 Å². The summed E-state index contributed by atoms with van der Waals surface area (Å²) in [5.41, 5.74) is 6.46. The fourth-order valence-electron chi connectivity index (χ4n) is 1.26. The van der Waals surface area contributed by atoms with Gasteiger partial charge in [0.1, 0.15) is 17.4 Å². The molecule has 0 atom stereocenters. The highest BCUT2D eigenvalue weighted by atomic mass is 35.5. The topological polar surface area (TPSA) is 71.9 Å². The van der Waals surface area contributed by atoms with Gasteiger partial charge < -0.3 is 10.5 Å². The van der Waals surface area contributed by atoms with E-state index in [0.29, 0.717) is 22.0 Å². The van der Waals surface area contributed by atoms with Crippen LogP contribution in [0, 0.1) is 11.3 Å². The number of hydrogen-bond acceptors (Lipinski definition) is 4. The van der Waals surface area contributed by atoms with E-state index in [0.717, 1.165) is 0 Å². The first-order valence-electron chi connectivity index (χ1n) is 4.78. The molecule has 0 amide bonds. The Bertz CT molecular complexity index is 593. The molecule has 5 heteroatoms. The monoisotopic (exact) mass is 245 g/mol. The van der Waals surface area contributed by atoms with Crippen LogP contribution in [0.2, 0.25) is 5.02 Å². The summed E-state index contributed by atoms with van der Waals surface area (Å²) in [5.74, 6) is 0.637. The third kappa shape index (κ3) is 2.47. The molecule has 1 heterocycles. The van der Waals surface area contributed by atoms with Gasteiger partial charge in [-0.25, -0.2) is 4.98 Å². The first-order valence-corrected chi connectivity index (χ1v) is 5.16. The van der Waals surface area contributed by atoms with Gasteiger partial charge in [0.25, 0.3) is 0 Å². The number of nitrogen functional groups attached to an aromatic ring is 1. The maximum absolute atomic E-state index is 8.89. The number of aromatic nitrogens is 1. The van der Waals surface area contributed by atoms with Gasteiger partial charge in [0, 0.05) is 11.9 Å². The molecule has 17 heavy (non-hydrogen) atoms. The Labute approximate surface area is 103 Å². The number of nitrogens with zero attached hydrogens (tertiary/aromatic N) is 2. The second-order valence-electron chi connectivity index (χ2n) is 3.26. The molecule has 0 spiro atoms. The van der Waals surface area contributed by atoms with Crippen LogP contribution in [0.4, 0.5) is 5.69 Å². The minimum atomic E-state index is 0.224. The lowest BCUT2D eigenvalue weighted by Gasteiger charge is -2.07. The van der Waals surface area contributed by atoms with Gasteiger partial charge in [0.2, 0.25) is 5.88 Å². The van der Waals surface area contributed by atoms with E-state index in [2.05, 4.69) is 4.98 Å². The fourth-order valence-corrected chi connectivity index (χ4v) is 1.49. The molecule has 84 valence electrons. The molecular formula is C12H8ClN3O. The summed E-state index contributed by atoms with van der Waals surface area (Å²) in [4.78, 5) is 3.97. The molecule has 0 radical (unpaired) electrons. The maximum Gasteiger partial charge on any atom is 0.237 e. The third-order valence-electron chi connectivity index (χ3n) is 2.05. The van der Waals surface area contributed by atoms with Crippen molar-refractivity contribution in [2.45, 2.75) is 0 Å². The number of rotatable bonds is 2. The Kier molecular flexibility index (Phi) is 3.12. The lowest BCUT2D eigenvalue weighted by atomic mass is 10.3.